The normalized spacial score (nSPS) is 14.6. The summed E-state index contributed by atoms with van der Waals surface area (Å²) < 4.78 is 118. The average Bonchev–Trinajstić information content (AvgIpc) is 2.80. The molecule has 0 atom stereocenters. The molecule has 0 unspecified atom stereocenters. The van der Waals surface area contributed by atoms with Gasteiger partial charge < -0.3 is 14.6 Å². The number of nitrogens with zero attached hydrogens (tertiary/aromatic N) is 6. The first kappa shape index (κ1) is 40.2. The van der Waals surface area contributed by atoms with Crippen molar-refractivity contribution in [1.82, 2.24) is 9.97 Å². The van der Waals surface area contributed by atoms with Crippen LogP contribution in [-0.4, -0.2) is 85.7 Å². The van der Waals surface area contributed by atoms with Crippen molar-refractivity contribution in [3.05, 3.63) is 53.5 Å². The van der Waals surface area contributed by atoms with Crippen molar-refractivity contribution in [3.63, 3.8) is 0 Å². The second kappa shape index (κ2) is 17.1. The van der Waals surface area contributed by atoms with Crippen LogP contribution in [-0.2, 0) is 45.2 Å². The Kier molecular flexibility index (Phi) is 16.8. The van der Waals surface area contributed by atoms with E-state index in [0.29, 0.717) is 0 Å². The Morgan fingerprint density at radius 1 is 0.732 bits per heavy atom. The third-order valence-corrected chi connectivity index (χ3v) is 4.97. The number of alkyl halides is 6. The molecule has 1 aliphatic rings. The van der Waals surface area contributed by atoms with Gasteiger partial charge >= 0.3 is 30.5 Å². The first-order chi connectivity index (χ1) is 17.8. The first-order valence-electron chi connectivity index (χ1n) is 10.1. The standard InChI is InChI=1S/C17H18N6.2CHF3O3S.H2O.Zn/c1-23-17-8-3-7-15(22-17)12-19-10-4-9-18-11-14-5-2-6-16(21-14)13-20-23;2*2-1(3,4)8(5,6)7;;/h2-3,5-8,11-13H,4,9-10H2,1H3;2*(H,5,6,7);1H2;/q;;;;+2/p-1/b18-11?,19-12?,20-13+;;;;. The fourth-order valence-corrected chi connectivity index (χ4v) is 2.08. The predicted molar refractivity (Wildman–Crippen MR) is 130 cm³/mol. The topological polar surface area (TPSA) is 213 Å². The molecule has 0 spiro atoms. The fourth-order valence-electron chi connectivity index (χ4n) is 2.08. The smallest absolute Gasteiger partial charge is 0.741 e. The molecule has 0 saturated carbocycles. The van der Waals surface area contributed by atoms with Gasteiger partial charge in [-0.15, -0.1) is 0 Å². The molecule has 1 aliphatic heterocycles. The monoisotopic (exact) mass is 687 g/mol. The number of rotatable bonds is 0. The van der Waals surface area contributed by atoms with E-state index in [0.717, 1.165) is 42.4 Å². The number of pyridine rings is 2. The summed E-state index contributed by atoms with van der Waals surface area (Å²) in [6, 6.07) is 11.6. The molecule has 2 aromatic rings. The first-order valence-corrected chi connectivity index (χ1v) is 12.9. The molecule has 22 heteroatoms. The Morgan fingerprint density at radius 2 is 1.10 bits per heavy atom. The van der Waals surface area contributed by atoms with E-state index >= 15 is 0 Å². The van der Waals surface area contributed by atoms with Crippen LogP contribution in [0.3, 0.4) is 0 Å². The summed E-state index contributed by atoms with van der Waals surface area (Å²) in [6.45, 7) is 1.46. The van der Waals surface area contributed by atoms with Crippen molar-refractivity contribution >= 4 is 44.7 Å². The molecule has 3 N–H and O–H groups in total. The van der Waals surface area contributed by atoms with Gasteiger partial charge in [0, 0.05) is 32.6 Å². The molecule has 0 radical (unpaired) electrons. The van der Waals surface area contributed by atoms with E-state index in [2.05, 4.69) is 25.1 Å². The number of hydrogen-bond acceptors (Lipinski definition) is 12. The third-order valence-electron chi connectivity index (χ3n) is 3.83. The van der Waals surface area contributed by atoms with Crippen LogP contribution in [0.1, 0.15) is 23.5 Å². The van der Waals surface area contributed by atoms with Crippen LogP contribution in [0, 0.1) is 0 Å². The van der Waals surface area contributed by atoms with Gasteiger partial charge in [-0.3, -0.25) is 15.0 Å². The van der Waals surface area contributed by atoms with Gasteiger partial charge in [0.25, 0.3) is 0 Å². The van der Waals surface area contributed by atoms with Crippen molar-refractivity contribution in [3.8, 4) is 0 Å². The number of hydrogen-bond donors (Lipinski definition) is 0. The molecule has 0 aliphatic carbocycles. The SMILES string of the molecule is CN1/N=C/c2cccc(n2)C=NCCCN=Cc2cccc1n2.O=S(=O)([O-])C(F)(F)F.O=S(=O)([O-])C(F)(F)F.[OH3+].[Zn+2]. The molecule has 224 valence electrons. The molecule has 3 rings (SSSR count). The molecule has 0 fully saturated rings. The van der Waals surface area contributed by atoms with Crippen LogP contribution in [0.5, 0.6) is 0 Å². The maximum atomic E-state index is 10.7. The number of hydrazone groups is 1. The van der Waals surface area contributed by atoms with Crippen molar-refractivity contribution in [2.45, 2.75) is 17.4 Å². The second-order valence-electron chi connectivity index (χ2n) is 6.90. The Labute approximate surface area is 242 Å². The van der Waals surface area contributed by atoms with Crippen LogP contribution < -0.4 is 5.01 Å². The Balaban J connectivity index is 0. The van der Waals surface area contributed by atoms with Gasteiger partial charge in [0.15, 0.2) is 20.2 Å². The van der Waals surface area contributed by atoms with Crippen molar-refractivity contribution in [2.75, 3.05) is 25.1 Å². The Bertz CT molecular complexity index is 1360. The molecule has 2 aromatic heterocycles. The van der Waals surface area contributed by atoms with Gasteiger partial charge in [0.05, 0.1) is 23.3 Å². The minimum Gasteiger partial charge on any atom is -0.741 e. The zero-order valence-electron chi connectivity index (χ0n) is 20.8. The molecule has 13 nitrogen and oxygen atoms in total. The number of aromatic nitrogens is 2. The molecular weight excluding hydrogens is 668 g/mol. The number of halogens is 6. The maximum Gasteiger partial charge on any atom is 2.00 e. The van der Waals surface area contributed by atoms with Crippen molar-refractivity contribution in [2.24, 2.45) is 15.1 Å². The van der Waals surface area contributed by atoms with E-state index < -0.39 is 31.3 Å². The van der Waals surface area contributed by atoms with Crippen LogP contribution in [0.15, 0.2) is 51.5 Å². The molecular formula is C19H21F6N6O7S2Zn+. The summed E-state index contributed by atoms with van der Waals surface area (Å²) in [5, 5.41) is 6.11. The maximum absolute atomic E-state index is 10.7. The summed E-state index contributed by atoms with van der Waals surface area (Å²) in [7, 11) is -10.3. The van der Waals surface area contributed by atoms with E-state index in [9.17, 15) is 26.3 Å². The second-order valence-corrected chi connectivity index (χ2v) is 9.64. The largest absolute Gasteiger partial charge is 2.00 e. The van der Waals surface area contributed by atoms with Crippen LogP contribution in [0.4, 0.5) is 32.2 Å². The zero-order chi connectivity index (χ0) is 29.9. The molecule has 3 heterocycles. The summed E-state index contributed by atoms with van der Waals surface area (Å²) in [5.41, 5.74) is -8.86. The van der Waals surface area contributed by atoms with E-state index in [1.165, 1.54) is 0 Å². The van der Waals surface area contributed by atoms with Gasteiger partial charge in [-0.25, -0.2) is 26.8 Å². The number of anilines is 1. The van der Waals surface area contributed by atoms with E-state index in [1.54, 1.807) is 23.7 Å². The van der Waals surface area contributed by atoms with E-state index in [4.69, 9.17) is 25.9 Å². The van der Waals surface area contributed by atoms with Gasteiger partial charge in [0.2, 0.25) is 0 Å². The summed E-state index contributed by atoms with van der Waals surface area (Å²) in [4.78, 5) is 17.8. The van der Waals surface area contributed by atoms with Crippen LogP contribution in [0.25, 0.3) is 0 Å². The summed E-state index contributed by atoms with van der Waals surface area (Å²) >= 11 is 0. The molecule has 0 amide bonds. The third kappa shape index (κ3) is 15.6. The fraction of sp³-hybridized carbons (Fsp3) is 0.316. The quantitative estimate of drug-likeness (QED) is 0.128. The van der Waals surface area contributed by atoms with Crippen molar-refractivity contribution in [1.29, 1.82) is 0 Å². The average molecular weight is 689 g/mol. The summed E-state index contributed by atoms with van der Waals surface area (Å²) in [6.07, 6.45) is 6.20. The summed E-state index contributed by atoms with van der Waals surface area (Å²) in [5.74, 6) is 0.759. The molecule has 0 aromatic carbocycles. The number of aliphatic imine (C=N–C) groups is 2. The molecule has 4 bridgehead atoms. The minimum atomic E-state index is -6.09. The minimum absolute atomic E-state index is 0. The van der Waals surface area contributed by atoms with Crippen LogP contribution in [0.2, 0.25) is 0 Å². The zero-order valence-corrected chi connectivity index (χ0v) is 25.4. The van der Waals surface area contributed by atoms with Gasteiger partial charge in [-0.05, 0) is 30.7 Å². The molecule has 41 heavy (non-hydrogen) atoms. The van der Waals surface area contributed by atoms with Gasteiger partial charge in [-0.2, -0.15) is 31.4 Å². The van der Waals surface area contributed by atoms with Crippen molar-refractivity contribution < 1.29 is 77.2 Å². The van der Waals surface area contributed by atoms with Gasteiger partial charge in [0.1, 0.15) is 5.82 Å². The number of fused-ring (bicyclic) bond motifs is 4. The van der Waals surface area contributed by atoms with E-state index in [-0.39, 0.29) is 25.0 Å². The predicted octanol–water partition coefficient (Wildman–Crippen LogP) is 1.37. The van der Waals surface area contributed by atoms with Gasteiger partial charge in [-0.1, -0.05) is 12.1 Å². The Hall–Kier alpha value is -2.91. The molecule has 0 saturated heterocycles. The van der Waals surface area contributed by atoms with Crippen LogP contribution >= 0.6 is 0 Å². The van der Waals surface area contributed by atoms with E-state index in [1.807, 2.05) is 43.4 Å². The Morgan fingerprint density at radius 3 is 1.51 bits per heavy atom.